The molecule has 90 valence electrons. The first kappa shape index (κ1) is 13.4. The largest absolute Gasteiger partial charge is 0.317 e. The van der Waals surface area contributed by atoms with Crippen molar-refractivity contribution >= 4 is 11.8 Å². The van der Waals surface area contributed by atoms with Gasteiger partial charge in [-0.25, -0.2) is 0 Å². The van der Waals surface area contributed by atoms with Crippen LogP contribution >= 0.6 is 11.8 Å². The van der Waals surface area contributed by atoms with Gasteiger partial charge in [0.2, 0.25) is 0 Å². The predicted octanol–water partition coefficient (Wildman–Crippen LogP) is 3.83. The smallest absolute Gasteiger partial charge is 0.00470 e. The molecule has 0 aliphatic heterocycles. The molecule has 2 heteroatoms. The number of unbranched alkanes of at least 4 members (excludes halogenated alkanes) is 1. The molecule has 0 aromatic carbocycles. The van der Waals surface area contributed by atoms with Crippen molar-refractivity contribution in [1.82, 2.24) is 5.32 Å². The summed E-state index contributed by atoms with van der Waals surface area (Å²) in [6, 6.07) is 0.699. The Balaban J connectivity index is 1.87. The van der Waals surface area contributed by atoms with Crippen molar-refractivity contribution in [3.8, 4) is 0 Å². The van der Waals surface area contributed by atoms with Crippen LogP contribution in [-0.2, 0) is 0 Å². The van der Waals surface area contributed by atoms with Gasteiger partial charge in [-0.15, -0.1) is 0 Å². The van der Waals surface area contributed by atoms with Crippen molar-refractivity contribution < 1.29 is 0 Å². The Morgan fingerprint density at radius 2 is 1.93 bits per heavy atom. The van der Waals surface area contributed by atoms with E-state index in [4.69, 9.17) is 0 Å². The molecule has 0 aromatic rings. The van der Waals surface area contributed by atoms with Gasteiger partial charge in [0.1, 0.15) is 0 Å². The summed E-state index contributed by atoms with van der Waals surface area (Å²) in [6.45, 7) is 2.27. The highest BCUT2D eigenvalue weighted by atomic mass is 32.2. The zero-order valence-corrected chi connectivity index (χ0v) is 11.2. The molecule has 0 saturated heterocycles. The fraction of sp³-hybridized carbons (Fsp3) is 1.00. The number of thioether (sulfide) groups is 1. The van der Waals surface area contributed by atoms with Crippen LogP contribution in [0.3, 0.4) is 0 Å². The van der Waals surface area contributed by atoms with Gasteiger partial charge in [-0.1, -0.05) is 25.7 Å². The molecule has 0 aromatic heterocycles. The third kappa shape index (κ3) is 6.47. The summed E-state index contributed by atoms with van der Waals surface area (Å²) < 4.78 is 0. The molecule has 1 N–H and O–H groups in total. The second kappa shape index (κ2) is 8.46. The fourth-order valence-corrected chi connectivity index (χ4v) is 3.55. The Morgan fingerprint density at radius 1 is 1.20 bits per heavy atom. The number of rotatable bonds is 7. The molecule has 1 fully saturated rings. The van der Waals surface area contributed by atoms with E-state index in [-0.39, 0.29) is 0 Å². The standard InChI is InChI=1S/C13H27NS/c1-12(14-2)8-6-7-11-15-13-9-4-3-5-10-13/h12-14H,3-11H2,1-2H3. The van der Waals surface area contributed by atoms with E-state index in [0.29, 0.717) is 6.04 Å². The molecule has 1 unspecified atom stereocenters. The van der Waals surface area contributed by atoms with Crippen LogP contribution in [0, 0.1) is 0 Å². The molecule has 1 atom stereocenters. The van der Waals surface area contributed by atoms with Crippen molar-refractivity contribution in [1.29, 1.82) is 0 Å². The quantitative estimate of drug-likeness (QED) is 0.666. The van der Waals surface area contributed by atoms with Crippen LogP contribution < -0.4 is 5.32 Å². The van der Waals surface area contributed by atoms with E-state index in [1.165, 1.54) is 57.1 Å². The molecule has 0 radical (unpaired) electrons. The minimum atomic E-state index is 0.699. The summed E-state index contributed by atoms with van der Waals surface area (Å²) in [6.07, 6.45) is 11.5. The van der Waals surface area contributed by atoms with Gasteiger partial charge in [0.05, 0.1) is 0 Å². The summed E-state index contributed by atoms with van der Waals surface area (Å²) in [5, 5.41) is 4.30. The first-order chi connectivity index (χ1) is 7.33. The van der Waals surface area contributed by atoms with Gasteiger partial charge in [-0.3, -0.25) is 0 Å². The molecule has 1 nitrogen and oxygen atoms in total. The summed E-state index contributed by atoms with van der Waals surface area (Å²) in [4.78, 5) is 0. The van der Waals surface area contributed by atoms with Crippen LogP contribution in [0.2, 0.25) is 0 Å². The molecule has 1 rings (SSSR count). The Bertz CT molecular complexity index is 143. The molecular weight excluding hydrogens is 202 g/mol. The molecule has 15 heavy (non-hydrogen) atoms. The first-order valence-electron chi connectivity index (χ1n) is 6.62. The van der Waals surface area contributed by atoms with Crippen LogP contribution in [0.4, 0.5) is 0 Å². The van der Waals surface area contributed by atoms with E-state index < -0.39 is 0 Å². The molecular formula is C13H27NS. The average Bonchev–Trinajstić information content (AvgIpc) is 2.29. The van der Waals surface area contributed by atoms with Gasteiger partial charge in [0.25, 0.3) is 0 Å². The van der Waals surface area contributed by atoms with Crippen molar-refractivity contribution in [2.24, 2.45) is 0 Å². The van der Waals surface area contributed by atoms with E-state index in [1.54, 1.807) is 0 Å². The molecule has 1 aliphatic rings. The minimum Gasteiger partial charge on any atom is -0.317 e. The third-order valence-electron chi connectivity index (χ3n) is 3.43. The van der Waals surface area contributed by atoms with Crippen LogP contribution in [0.15, 0.2) is 0 Å². The summed E-state index contributed by atoms with van der Waals surface area (Å²) >= 11 is 2.24. The van der Waals surface area contributed by atoms with Gasteiger partial charge in [0, 0.05) is 11.3 Å². The lowest BCUT2D eigenvalue weighted by atomic mass is 10.0. The van der Waals surface area contributed by atoms with Crippen LogP contribution in [-0.4, -0.2) is 24.1 Å². The molecule has 0 spiro atoms. The zero-order chi connectivity index (χ0) is 10.9. The summed E-state index contributed by atoms with van der Waals surface area (Å²) in [7, 11) is 2.06. The molecule has 1 aliphatic carbocycles. The first-order valence-corrected chi connectivity index (χ1v) is 7.66. The second-order valence-corrected chi connectivity index (χ2v) is 6.22. The maximum absolute atomic E-state index is 3.30. The Labute approximate surface area is 99.8 Å². The van der Waals surface area contributed by atoms with Gasteiger partial charge >= 0.3 is 0 Å². The van der Waals surface area contributed by atoms with Crippen molar-refractivity contribution in [3.05, 3.63) is 0 Å². The van der Waals surface area contributed by atoms with E-state index in [2.05, 4.69) is 31.1 Å². The predicted molar refractivity (Wildman–Crippen MR) is 71.7 cm³/mol. The van der Waals surface area contributed by atoms with Crippen molar-refractivity contribution in [3.63, 3.8) is 0 Å². The van der Waals surface area contributed by atoms with Gasteiger partial charge < -0.3 is 5.32 Å². The van der Waals surface area contributed by atoms with Gasteiger partial charge in [-0.05, 0) is 45.4 Å². The van der Waals surface area contributed by atoms with Crippen molar-refractivity contribution in [2.75, 3.05) is 12.8 Å². The SMILES string of the molecule is CNC(C)CCCCSC1CCCCC1. The molecule has 0 amide bonds. The maximum Gasteiger partial charge on any atom is 0.00470 e. The lowest BCUT2D eigenvalue weighted by molar-refractivity contribution is 0.514. The van der Waals surface area contributed by atoms with Gasteiger partial charge in [-0.2, -0.15) is 11.8 Å². The highest BCUT2D eigenvalue weighted by molar-refractivity contribution is 7.99. The van der Waals surface area contributed by atoms with Crippen LogP contribution in [0.25, 0.3) is 0 Å². The average molecular weight is 229 g/mol. The van der Waals surface area contributed by atoms with E-state index in [0.717, 1.165) is 5.25 Å². The number of hydrogen-bond donors (Lipinski definition) is 1. The van der Waals surface area contributed by atoms with E-state index in [9.17, 15) is 0 Å². The fourth-order valence-electron chi connectivity index (χ4n) is 2.18. The third-order valence-corrected chi connectivity index (χ3v) is 4.90. The lowest BCUT2D eigenvalue weighted by Crippen LogP contribution is -2.20. The van der Waals surface area contributed by atoms with Crippen LogP contribution in [0.1, 0.15) is 58.3 Å². The second-order valence-electron chi connectivity index (χ2n) is 4.82. The Kier molecular flexibility index (Phi) is 7.54. The maximum atomic E-state index is 3.30. The highest BCUT2D eigenvalue weighted by Crippen LogP contribution is 2.28. The van der Waals surface area contributed by atoms with E-state index >= 15 is 0 Å². The number of hydrogen-bond acceptors (Lipinski definition) is 2. The van der Waals surface area contributed by atoms with Crippen molar-refractivity contribution in [2.45, 2.75) is 69.6 Å². The molecule has 1 saturated carbocycles. The minimum absolute atomic E-state index is 0.699. The zero-order valence-electron chi connectivity index (χ0n) is 10.4. The summed E-state index contributed by atoms with van der Waals surface area (Å²) in [5.74, 6) is 1.39. The lowest BCUT2D eigenvalue weighted by Gasteiger charge is -2.20. The summed E-state index contributed by atoms with van der Waals surface area (Å²) in [5.41, 5.74) is 0. The topological polar surface area (TPSA) is 12.0 Å². The molecule has 0 heterocycles. The highest BCUT2D eigenvalue weighted by Gasteiger charge is 2.12. The Morgan fingerprint density at radius 3 is 2.60 bits per heavy atom. The Hall–Kier alpha value is 0.310. The number of nitrogens with one attached hydrogen (secondary N) is 1. The van der Waals surface area contributed by atoms with Gasteiger partial charge in [0.15, 0.2) is 0 Å². The van der Waals surface area contributed by atoms with Crippen LogP contribution in [0.5, 0.6) is 0 Å². The monoisotopic (exact) mass is 229 g/mol. The normalized spacial score (nSPS) is 20.4. The molecule has 0 bridgehead atoms. The van der Waals surface area contributed by atoms with E-state index in [1.807, 2.05) is 0 Å².